The van der Waals surface area contributed by atoms with Crippen molar-refractivity contribution < 1.29 is 0 Å². The number of benzene rings is 6. The fourth-order valence-corrected chi connectivity index (χ4v) is 9.32. The molecule has 0 N–H and O–H groups in total. The highest BCUT2D eigenvalue weighted by Gasteiger charge is 2.52. The van der Waals surface area contributed by atoms with Crippen molar-refractivity contribution in [2.75, 3.05) is 4.90 Å². The van der Waals surface area contributed by atoms with Crippen molar-refractivity contribution in [2.24, 2.45) is 0 Å². The van der Waals surface area contributed by atoms with E-state index in [4.69, 9.17) is 0 Å². The molecule has 1 aromatic heterocycles. The summed E-state index contributed by atoms with van der Waals surface area (Å²) in [5, 5.41) is 2.61. The maximum Gasteiger partial charge on any atom is 0.0686 e. The van der Waals surface area contributed by atoms with Gasteiger partial charge in [-0.25, -0.2) is 0 Å². The highest BCUT2D eigenvalue weighted by molar-refractivity contribution is 7.26. The molecular formula is C43H31NS. The quantitative estimate of drug-likeness (QED) is 0.196. The minimum atomic E-state index is -0.350. The van der Waals surface area contributed by atoms with Crippen molar-refractivity contribution in [2.45, 2.75) is 19.3 Å². The molecule has 7 aromatic rings. The first-order valence-electron chi connectivity index (χ1n) is 15.7. The Kier molecular flexibility index (Phi) is 5.78. The molecule has 214 valence electrons. The lowest BCUT2D eigenvalue weighted by Gasteiger charge is -2.32. The molecule has 0 radical (unpaired) electrons. The molecule has 6 aromatic carbocycles. The maximum absolute atomic E-state index is 2.50. The summed E-state index contributed by atoms with van der Waals surface area (Å²) in [4.78, 5) is 2.50. The van der Waals surface area contributed by atoms with Crippen LogP contribution < -0.4 is 4.90 Å². The van der Waals surface area contributed by atoms with Crippen molar-refractivity contribution in [1.82, 2.24) is 0 Å². The van der Waals surface area contributed by atoms with Crippen LogP contribution in [-0.4, -0.2) is 0 Å². The van der Waals surface area contributed by atoms with E-state index in [1.54, 1.807) is 0 Å². The van der Waals surface area contributed by atoms with Crippen molar-refractivity contribution in [3.05, 3.63) is 185 Å². The number of thiophene rings is 1. The van der Waals surface area contributed by atoms with Crippen LogP contribution in [0.1, 0.15) is 36.1 Å². The van der Waals surface area contributed by atoms with Gasteiger partial charge in [-0.05, 0) is 83.1 Å². The van der Waals surface area contributed by atoms with Gasteiger partial charge in [0.25, 0.3) is 0 Å². The van der Waals surface area contributed by atoms with Gasteiger partial charge in [-0.15, -0.1) is 11.3 Å². The number of nitrogens with zero attached hydrogens (tertiary/aromatic N) is 1. The van der Waals surface area contributed by atoms with Crippen molar-refractivity contribution in [1.29, 1.82) is 0 Å². The van der Waals surface area contributed by atoms with Crippen LogP contribution in [0.2, 0.25) is 0 Å². The van der Waals surface area contributed by atoms with Crippen molar-refractivity contribution in [3.8, 4) is 11.1 Å². The van der Waals surface area contributed by atoms with E-state index < -0.39 is 0 Å². The first-order chi connectivity index (χ1) is 22.2. The summed E-state index contributed by atoms with van der Waals surface area (Å²) in [6, 6.07) is 53.6. The average molecular weight is 594 g/mol. The van der Waals surface area contributed by atoms with Crippen LogP contribution in [-0.2, 0) is 5.41 Å². The smallest absolute Gasteiger partial charge is 0.0686 e. The number of hydrogen-bond acceptors (Lipinski definition) is 2. The molecule has 0 aliphatic heterocycles. The van der Waals surface area contributed by atoms with Crippen molar-refractivity contribution in [3.63, 3.8) is 0 Å². The van der Waals surface area contributed by atoms with E-state index >= 15 is 0 Å². The third kappa shape index (κ3) is 3.49. The van der Waals surface area contributed by atoms with E-state index in [1.165, 1.54) is 76.1 Å². The van der Waals surface area contributed by atoms with E-state index in [-0.39, 0.29) is 5.41 Å². The molecule has 0 bridgehead atoms. The lowest BCUT2D eigenvalue weighted by atomic mass is 9.70. The molecule has 2 aliphatic rings. The SMILES string of the molecule is C/C=C(\C1=C(C)C2(c3ccccc31)c1ccccc1-c1ccccc12)N(c1ccccc1)c1cccc2sc3ccccc3c12. The van der Waals surface area contributed by atoms with E-state index in [1.807, 2.05) is 11.3 Å². The molecule has 9 rings (SSSR count). The Balaban J connectivity index is 1.38. The minimum Gasteiger partial charge on any atom is -0.310 e. The summed E-state index contributed by atoms with van der Waals surface area (Å²) in [5.41, 5.74) is 14.0. The number of para-hydroxylation sites is 1. The molecule has 1 heterocycles. The van der Waals surface area contributed by atoms with Gasteiger partial charge in [0.1, 0.15) is 0 Å². The van der Waals surface area contributed by atoms with Crippen LogP contribution in [0.4, 0.5) is 11.4 Å². The van der Waals surface area contributed by atoms with Gasteiger partial charge < -0.3 is 4.90 Å². The van der Waals surface area contributed by atoms with Crippen molar-refractivity contribution >= 4 is 48.5 Å². The molecule has 1 nitrogen and oxygen atoms in total. The van der Waals surface area contributed by atoms with Gasteiger partial charge in [-0.1, -0.05) is 121 Å². The molecular weight excluding hydrogens is 563 g/mol. The highest BCUT2D eigenvalue weighted by Crippen LogP contribution is 2.63. The molecule has 0 saturated heterocycles. The maximum atomic E-state index is 2.50. The second-order valence-corrected chi connectivity index (χ2v) is 13.1. The van der Waals surface area contributed by atoms with E-state index in [0.717, 1.165) is 5.69 Å². The lowest BCUT2D eigenvalue weighted by molar-refractivity contribution is 0.766. The predicted octanol–water partition coefficient (Wildman–Crippen LogP) is 11.9. The Labute approximate surface area is 268 Å². The van der Waals surface area contributed by atoms with Crippen LogP contribution in [0.3, 0.4) is 0 Å². The zero-order valence-electron chi connectivity index (χ0n) is 25.3. The Hall–Kier alpha value is -5.18. The van der Waals surface area contributed by atoms with Gasteiger partial charge in [0.2, 0.25) is 0 Å². The Morgan fingerprint density at radius 1 is 0.578 bits per heavy atom. The van der Waals surface area contributed by atoms with Gasteiger partial charge in [0.15, 0.2) is 0 Å². The van der Waals surface area contributed by atoms with Crippen LogP contribution in [0, 0.1) is 0 Å². The van der Waals surface area contributed by atoms with E-state index in [9.17, 15) is 0 Å². The summed E-state index contributed by atoms with van der Waals surface area (Å²) >= 11 is 1.87. The number of fused-ring (bicyclic) bond motifs is 10. The molecule has 0 saturated carbocycles. The van der Waals surface area contributed by atoms with E-state index in [2.05, 4.69) is 170 Å². The zero-order chi connectivity index (χ0) is 30.1. The molecule has 0 fully saturated rings. The van der Waals surface area contributed by atoms with Gasteiger partial charge in [0, 0.05) is 37.1 Å². The van der Waals surface area contributed by atoms with Gasteiger partial charge >= 0.3 is 0 Å². The van der Waals surface area contributed by atoms with Crippen LogP contribution in [0.25, 0.3) is 36.9 Å². The molecule has 0 unspecified atom stereocenters. The summed E-state index contributed by atoms with van der Waals surface area (Å²) in [6.07, 6.45) is 2.32. The molecule has 0 atom stereocenters. The monoisotopic (exact) mass is 593 g/mol. The van der Waals surface area contributed by atoms with E-state index in [0.29, 0.717) is 0 Å². The lowest BCUT2D eigenvalue weighted by Crippen LogP contribution is -2.26. The molecule has 45 heavy (non-hydrogen) atoms. The van der Waals surface area contributed by atoms with Crippen LogP contribution in [0.5, 0.6) is 0 Å². The number of anilines is 2. The highest BCUT2D eigenvalue weighted by atomic mass is 32.1. The topological polar surface area (TPSA) is 3.24 Å². The number of rotatable bonds is 4. The molecule has 1 spiro atoms. The second-order valence-electron chi connectivity index (χ2n) is 12.0. The largest absolute Gasteiger partial charge is 0.310 e. The first-order valence-corrected chi connectivity index (χ1v) is 16.5. The Bertz CT molecular complexity index is 2310. The third-order valence-electron chi connectivity index (χ3n) is 9.90. The van der Waals surface area contributed by atoms with Crippen LogP contribution >= 0.6 is 11.3 Å². The van der Waals surface area contributed by atoms with Gasteiger partial charge in [-0.3, -0.25) is 0 Å². The third-order valence-corrected chi connectivity index (χ3v) is 11.0. The summed E-state index contributed by atoms with van der Waals surface area (Å²) < 4.78 is 2.62. The predicted molar refractivity (Wildman–Crippen MR) is 192 cm³/mol. The van der Waals surface area contributed by atoms with Crippen LogP contribution in [0.15, 0.2) is 163 Å². The Morgan fingerprint density at radius 3 is 1.82 bits per heavy atom. The number of allylic oxidation sites excluding steroid dienone is 3. The summed E-state index contributed by atoms with van der Waals surface area (Å²) in [5.74, 6) is 0. The zero-order valence-corrected chi connectivity index (χ0v) is 26.1. The fourth-order valence-electron chi connectivity index (χ4n) is 8.19. The van der Waals surface area contributed by atoms with Gasteiger partial charge in [-0.2, -0.15) is 0 Å². The molecule has 2 aliphatic carbocycles. The minimum absolute atomic E-state index is 0.350. The second kappa shape index (κ2) is 9.92. The normalized spacial score (nSPS) is 14.7. The first kappa shape index (κ1) is 26.2. The van der Waals surface area contributed by atoms with Gasteiger partial charge in [0.05, 0.1) is 11.1 Å². The molecule has 2 heteroatoms. The summed E-state index contributed by atoms with van der Waals surface area (Å²) in [6.45, 7) is 4.57. The Morgan fingerprint density at radius 2 is 1.13 bits per heavy atom. The standard InChI is InChI=1S/C43H31NS/c1-3-37(44(29-16-5-4-6-17-29)38-25-15-27-40-42(38)33-21-10-14-26-39(33)45-40)41-28(2)43(36-24-13-9-20-32(36)41)34-22-11-7-18-30(34)31-19-8-12-23-35(31)43/h3-27H,1-2H3/b37-3+. The average Bonchev–Trinajstić information content (AvgIpc) is 3.71. The fraction of sp³-hybridized carbons (Fsp3) is 0.0698. The molecule has 0 amide bonds. The number of hydrogen-bond donors (Lipinski definition) is 0. The summed E-state index contributed by atoms with van der Waals surface area (Å²) in [7, 11) is 0.